The molecular formula is C14H15N5O3. The maximum absolute atomic E-state index is 12.3. The molecule has 0 unspecified atom stereocenters. The Kier molecular flexibility index (Phi) is 4.08. The van der Waals surface area contributed by atoms with E-state index in [4.69, 9.17) is 4.74 Å². The fourth-order valence-electron chi connectivity index (χ4n) is 2.32. The van der Waals surface area contributed by atoms with Gasteiger partial charge in [0.1, 0.15) is 11.8 Å². The molecule has 3 rings (SSSR count). The van der Waals surface area contributed by atoms with Crippen LogP contribution in [0, 0.1) is 0 Å². The topological polar surface area (TPSA) is 101 Å². The van der Waals surface area contributed by atoms with Crippen LogP contribution in [0.5, 0.6) is 5.88 Å². The summed E-state index contributed by atoms with van der Waals surface area (Å²) in [6.45, 7) is 1.15. The second-order valence-electron chi connectivity index (χ2n) is 4.96. The number of hydrogen-bond donors (Lipinski definition) is 1. The lowest BCUT2D eigenvalue weighted by Gasteiger charge is -2.31. The van der Waals surface area contributed by atoms with Crippen molar-refractivity contribution in [2.24, 2.45) is 0 Å². The van der Waals surface area contributed by atoms with Gasteiger partial charge in [0, 0.05) is 44.4 Å². The van der Waals surface area contributed by atoms with Crippen LogP contribution in [-0.4, -0.2) is 50.2 Å². The first kappa shape index (κ1) is 14.2. The van der Waals surface area contributed by atoms with Gasteiger partial charge < -0.3 is 9.64 Å². The number of aromatic nitrogens is 4. The predicted molar refractivity (Wildman–Crippen MR) is 76.4 cm³/mol. The maximum Gasteiger partial charge on any atom is 0.274 e. The molecule has 1 aliphatic rings. The number of amides is 1. The number of aromatic amines is 1. The van der Waals surface area contributed by atoms with E-state index in [9.17, 15) is 9.59 Å². The molecule has 0 radical (unpaired) electrons. The van der Waals surface area contributed by atoms with Crippen molar-refractivity contribution in [3.05, 3.63) is 46.8 Å². The van der Waals surface area contributed by atoms with E-state index in [0.717, 1.165) is 0 Å². The summed E-state index contributed by atoms with van der Waals surface area (Å²) in [6, 6.07) is 2.73. The number of hydrogen-bond acceptors (Lipinski definition) is 6. The summed E-state index contributed by atoms with van der Waals surface area (Å²) >= 11 is 0. The highest BCUT2D eigenvalue weighted by atomic mass is 16.5. The van der Waals surface area contributed by atoms with Gasteiger partial charge in [-0.1, -0.05) is 0 Å². The first-order chi connectivity index (χ1) is 10.7. The molecule has 22 heavy (non-hydrogen) atoms. The second-order valence-corrected chi connectivity index (χ2v) is 4.96. The Morgan fingerprint density at radius 2 is 2.09 bits per heavy atom. The van der Waals surface area contributed by atoms with Gasteiger partial charge in [0.05, 0.1) is 6.20 Å². The minimum absolute atomic E-state index is 0.0179. The standard InChI is InChI=1S/C14H15N5O3/c20-12-2-1-11(17-18-12)14(21)19-7-3-10(4-8-19)22-13-9-15-5-6-16-13/h1-2,5-6,9-10H,3-4,7-8H2,(H,18,20). The lowest BCUT2D eigenvalue weighted by atomic mass is 10.1. The molecule has 0 aliphatic carbocycles. The van der Waals surface area contributed by atoms with E-state index in [-0.39, 0.29) is 23.3 Å². The van der Waals surface area contributed by atoms with Gasteiger partial charge in [0.25, 0.3) is 11.5 Å². The zero-order valence-corrected chi connectivity index (χ0v) is 11.8. The summed E-state index contributed by atoms with van der Waals surface area (Å²) in [4.78, 5) is 33.0. The number of likely N-dealkylation sites (tertiary alicyclic amines) is 1. The molecule has 0 spiro atoms. The van der Waals surface area contributed by atoms with Crippen LogP contribution in [0.2, 0.25) is 0 Å². The monoisotopic (exact) mass is 301 g/mol. The first-order valence-corrected chi connectivity index (χ1v) is 7.00. The summed E-state index contributed by atoms with van der Waals surface area (Å²) < 4.78 is 5.73. The van der Waals surface area contributed by atoms with Gasteiger partial charge in [0.2, 0.25) is 5.88 Å². The maximum atomic E-state index is 12.3. The van der Waals surface area contributed by atoms with Crippen LogP contribution >= 0.6 is 0 Å². The molecule has 2 aromatic heterocycles. The van der Waals surface area contributed by atoms with Gasteiger partial charge in [-0.15, -0.1) is 0 Å². The third-order valence-corrected chi connectivity index (χ3v) is 3.45. The molecule has 8 nitrogen and oxygen atoms in total. The van der Waals surface area contributed by atoms with Crippen molar-refractivity contribution in [1.29, 1.82) is 0 Å². The SMILES string of the molecule is O=C(c1ccc(=O)[nH]n1)N1CCC(Oc2cnccn2)CC1. The number of H-pyrrole nitrogens is 1. The van der Waals surface area contributed by atoms with Crippen LogP contribution in [0.15, 0.2) is 35.5 Å². The number of nitrogens with zero attached hydrogens (tertiary/aromatic N) is 4. The average molecular weight is 301 g/mol. The van der Waals surface area contributed by atoms with Crippen LogP contribution < -0.4 is 10.3 Å². The number of piperidine rings is 1. The Morgan fingerprint density at radius 3 is 2.73 bits per heavy atom. The van der Waals surface area contributed by atoms with E-state index in [0.29, 0.717) is 31.8 Å². The lowest BCUT2D eigenvalue weighted by Crippen LogP contribution is -2.42. The summed E-state index contributed by atoms with van der Waals surface area (Å²) in [5, 5.41) is 6.03. The molecule has 1 fully saturated rings. The largest absolute Gasteiger partial charge is 0.473 e. The molecule has 1 saturated heterocycles. The van der Waals surface area contributed by atoms with Crippen molar-refractivity contribution in [1.82, 2.24) is 25.1 Å². The number of nitrogens with one attached hydrogen (secondary N) is 1. The summed E-state index contributed by atoms with van der Waals surface area (Å²) in [5.41, 5.74) is -0.0828. The van der Waals surface area contributed by atoms with E-state index < -0.39 is 0 Å². The first-order valence-electron chi connectivity index (χ1n) is 7.00. The molecule has 0 atom stereocenters. The fraction of sp³-hybridized carbons (Fsp3) is 0.357. The Labute approximate surface area is 126 Å². The quantitative estimate of drug-likeness (QED) is 0.871. The molecule has 1 aliphatic heterocycles. The van der Waals surface area contributed by atoms with Crippen LogP contribution in [0.25, 0.3) is 0 Å². The minimum atomic E-state index is -0.326. The molecular weight excluding hydrogens is 286 g/mol. The van der Waals surface area contributed by atoms with Gasteiger partial charge >= 0.3 is 0 Å². The number of carbonyl (C=O) groups excluding carboxylic acids is 1. The average Bonchev–Trinajstić information content (AvgIpc) is 2.57. The van der Waals surface area contributed by atoms with E-state index in [1.165, 1.54) is 12.1 Å². The normalized spacial score (nSPS) is 15.5. The van der Waals surface area contributed by atoms with Crippen LogP contribution in [0.4, 0.5) is 0 Å². The van der Waals surface area contributed by atoms with Gasteiger partial charge in [0.15, 0.2) is 0 Å². The van der Waals surface area contributed by atoms with Crippen LogP contribution in [0.3, 0.4) is 0 Å². The highest BCUT2D eigenvalue weighted by Crippen LogP contribution is 2.17. The third-order valence-electron chi connectivity index (χ3n) is 3.45. The van der Waals surface area contributed by atoms with Crippen molar-refractivity contribution in [2.45, 2.75) is 18.9 Å². The minimum Gasteiger partial charge on any atom is -0.473 e. The number of ether oxygens (including phenoxy) is 1. The van der Waals surface area contributed by atoms with Crippen LogP contribution in [-0.2, 0) is 0 Å². The Bertz CT molecular complexity index is 675. The van der Waals surface area contributed by atoms with E-state index >= 15 is 0 Å². The fourth-order valence-corrected chi connectivity index (χ4v) is 2.32. The molecule has 8 heteroatoms. The highest BCUT2D eigenvalue weighted by Gasteiger charge is 2.25. The van der Waals surface area contributed by atoms with Crippen molar-refractivity contribution < 1.29 is 9.53 Å². The molecule has 0 aromatic carbocycles. The molecule has 1 N–H and O–H groups in total. The highest BCUT2D eigenvalue weighted by molar-refractivity contribution is 5.92. The molecule has 3 heterocycles. The molecule has 1 amide bonds. The zero-order chi connectivity index (χ0) is 15.4. The summed E-state index contributed by atoms with van der Waals surface area (Å²) in [5.74, 6) is 0.309. The number of rotatable bonds is 3. The Morgan fingerprint density at radius 1 is 1.27 bits per heavy atom. The van der Waals surface area contributed by atoms with Gasteiger partial charge in [-0.3, -0.25) is 14.6 Å². The van der Waals surface area contributed by atoms with E-state index in [1.54, 1.807) is 23.5 Å². The van der Waals surface area contributed by atoms with Crippen LogP contribution in [0.1, 0.15) is 23.3 Å². The molecule has 0 bridgehead atoms. The summed E-state index contributed by atoms with van der Waals surface area (Å²) in [6.07, 6.45) is 6.18. The van der Waals surface area contributed by atoms with Gasteiger partial charge in [-0.25, -0.2) is 10.1 Å². The summed E-state index contributed by atoms with van der Waals surface area (Å²) in [7, 11) is 0. The van der Waals surface area contributed by atoms with Crippen molar-refractivity contribution in [3.63, 3.8) is 0 Å². The number of carbonyl (C=O) groups is 1. The smallest absolute Gasteiger partial charge is 0.274 e. The lowest BCUT2D eigenvalue weighted by molar-refractivity contribution is 0.0580. The van der Waals surface area contributed by atoms with Crippen molar-refractivity contribution >= 4 is 5.91 Å². The third kappa shape index (κ3) is 3.27. The van der Waals surface area contributed by atoms with Crippen molar-refractivity contribution in [2.75, 3.05) is 13.1 Å². The Balaban J connectivity index is 1.56. The molecule has 0 saturated carbocycles. The predicted octanol–water partition coefficient (Wildman–Crippen LogP) is 0.243. The van der Waals surface area contributed by atoms with Gasteiger partial charge in [-0.2, -0.15) is 5.10 Å². The van der Waals surface area contributed by atoms with Crippen molar-refractivity contribution in [3.8, 4) is 5.88 Å². The zero-order valence-electron chi connectivity index (χ0n) is 11.8. The molecule has 114 valence electrons. The van der Waals surface area contributed by atoms with E-state index in [1.807, 2.05) is 0 Å². The second kappa shape index (κ2) is 6.33. The van der Waals surface area contributed by atoms with Gasteiger partial charge in [-0.05, 0) is 6.07 Å². The molecule has 2 aromatic rings. The van der Waals surface area contributed by atoms with E-state index in [2.05, 4.69) is 20.2 Å². The Hall–Kier alpha value is -2.77.